The van der Waals surface area contributed by atoms with E-state index in [9.17, 15) is 0 Å². The van der Waals surface area contributed by atoms with E-state index in [0.717, 1.165) is 28.2 Å². The van der Waals surface area contributed by atoms with E-state index in [2.05, 4.69) is 40.6 Å². The Morgan fingerprint density at radius 3 is 2.62 bits per heavy atom. The molecule has 4 aromatic rings. The molecule has 0 saturated heterocycles. The molecule has 2 aromatic heterocycles. The van der Waals surface area contributed by atoms with E-state index in [1.165, 1.54) is 5.56 Å². The summed E-state index contributed by atoms with van der Waals surface area (Å²) in [7, 11) is 1.66. The molecule has 130 valence electrons. The summed E-state index contributed by atoms with van der Waals surface area (Å²) in [6, 6.07) is 20.3. The number of aryl methyl sites for hydroxylation is 1. The van der Waals surface area contributed by atoms with Gasteiger partial charge in [-0.2, -0.15) is 0 Å². The molecule has 26 heavy (non-hydrogen) atoms. The van der Waals surface area contributed by atoms with E-state index in [4.69, 9.17) is 9.47 Å². The van der Waals surface area contributed by atoms with Crippen molar-refractivity contribution >= 4 is 5.65 Å². The van der Waals surface area contributed by atoms with Gasteiger partial charge >= 0.3 is 0 Å². The molecule has 0 N–H and O–H groups in total. The quantitative estimate of drug-likeness (QED) is 0.517. The molecule has 4 heteroatoms. The van der Waals surface area contributed by atoms with Gasteiger partial charge in [0.25, 0.3) is 0 Å². The van der Waals surface area contributed by atoms with Gasteiger partial charge < -0.3 is 9.47 Å². The normalized spacial score (nSPS) is 10.8. The lowest BCUT2D eigenvalue weighted by molar-refractivity contribution is 0.284. The fourth-order valence-corrected chi connectivity index (χ4v) is 2.94. The molecule has 0 bridgehead atoms. The third kappa shape index (κ3) is 3.14. The van der Waals surface area contributed by atoms with Crippen LogP contribution < -0.4 is 9.47 Å². The lowest BCUT2D eigenvalue weighted by Gasteiger charge is -2.12. The van der Waals surface area contributed by atoms with E-state index in [-0.39, 0.29) is 0 Å². The first-order valence-corrected chi connectivity index (χ1v) is 8.53. The highest BCUT2D eigenvalue weighted by Gasteiger charge is 2.10. The molecule has 0 aliphatic heterocycles. The van der Waals surface area contributed by atoms with Crippen LogP contribution in [0.5, 0.6) is 11.5 Å². The summed E-state index contributed by atoms with van der Waals surface area (Å²) in [5.74, 6) is 1.44. The van der Waals surface area contributed by atoms with Crippen molar-refractivity contribution in [3.8, 4) is 22.8 Å². The molecule has 4 rings (SSSR count). The molecule has 2 heterocycles. The number of nitrogens with zero attached hydrogens (tertiary/aromatic N) is 2. The maximum Gasteiger partial charge on any atom is 0.161 e. The van der Waals surface area contributed by atoms with Gasteiger partial charge in [0.1, 0.15) is 12.3 Å². The molecular weight excluding hydrogens is 324 g/mol. The van der Waals surface area contributed by atoms with Gasteiger partial charge in [0.05, 0.1) is 19.0 Å². The second-order valence-electron chi connectivity index (χ2n) is 6.21. The zero-order chi connectivity index (χ0) is 17.9. The van der Waals surface area contributed by atoms with Crippen molar-refractivity contribution < 1.29 is 9.47 Å². The topological polar surface area (TPSA) is 35.8 Å². The molecule has 4 nitrogen and oxygen atoms in total. The van der Waals surface area contributed by atoms with Gasteiger partial charge in [-0.3, -0.25) is 4.40 Å². The van der Waals surface area contributed by atoms with Crippen LogP contribution in [0, 0.1) is 6.92 Å². The molecule has 0 saturated carbocycles. The first-order chi connectivity index (χ1) is 12.7. The molecule has 0 unspecified atom stereocenters. The van der Waals surface area contributed by atoms with Crippen molar-refractivity contribution in [3.05, 3.63) is 84.2 Å². The summed E-state index contributed by atoms with van der Waals surface area (Å²) in [5.41, 5.74) is 5.33. The van der Waals surface area contributed by atoms with Crippen molar-refractivity contribution in [1.29, 1.82) is 0 Å². The van der Waals surface area contributed by atoms with Crippen LogP contribution in [0.15, 0.2) is 73.1 Å². The van der Waals surface area contributed by atoms with E-state index in [1.807, 2.05) is 48.8 Å². The van der Waals surface area contributed by atoms with E-state index < -0.39 is 0 Å². The predicted molar refractivity (Wildman–Crippen MR) is 103 cm³/mol. The molecule has 0 aliphatic rings. The van der Waals surface area contributed by atoms with Gasteiger partial charge in [-0.1, -0.05) is 35.9 Å². The fraction of sp³-hybridized carbons (Fsp3) is 0.136. The van der Waals surface area contributed by atoms with Crippen molar-refractivity contribution in [1.82, 2.24) is 9.38 Å². The summed E-state index contributed by atoms with van der Waals surface area (Å²) in [5, 5.41) is 0. The largest absolute Gasteiger partial charge is 0.493 e. The van der Waals surface area contributed by atoms with Crippen LogP contribution in [0.25, 0.3) is 16.9 Å². The maximum absolute atomic E-state index is 5.97. The molecule has 0 aliphatic carbocycles. The lowest BCUT2D eigenvalue weighted by Crippen LogP contribution is -1.98. The number of benzene rings is 2. The number of pyridine rings is 1. The minimum absolute atomic E-state index is 0.506. The van der Waals surface area contributed by atoms with Gasteiger partial charge in [0.2, 0.25) is 0 Å². The summed E-state index contributed by atoms with van der Waals surface area (Å²) in [6.07, 6.45) is 3.88. The highest BCUT2D eigenvalue weighted by Crippen LogP contribution is 2.33. The van der Waals surface area contributed by atoms with Gasteiger partial charge in [0, 0.05) is 11.8 Å². The smallest absolute Gasteiger partial charge is 0.161 e. The highest BCUT2D eigenvalue weighted by atomic mass is 16.5. The minimum Gasteiger partial charge on any atom is -0.493 e. The Kier molecular flexibility index (Phi) is 4.32. The first kappa shape index (κ1) is 16.2. The summed E-state index contributed by atoms with van der Waals surface area (Å²) >= 11 is 0. The molecule has 2 aromatic carbocycles. The second kappa shape index (κ2) is 6.92. The first-order valence-electron chi connectivity index (χ1n) is 8.53. The molecule has 0 fully saturated rings. The SMILES string of the molecule is COc1cc(-c2cnc3ccccn23)ccc1OCc1ccc(C)cc1. The van der Waals surface area contributed by atoms with Crippen molar-refractivity contribution in [2.75, 3.05) is 7.11 Å². The van der Waals surface area contributed by atoms with Crippen LogP contribution in [-0.4, -0.2) is 16.5 Å². The standard InChI is InChI=1S/C22H20N2O2/c1-16-6-8-17(9-7-16)15-26-20-11-10-18(13-21(20)25-2)19-14-23-22-5-3-4-12-24(19)22/h3-14H,15H2,1-2H3. The molecule has 0 spiro atoms. The van der Waals surface area contributed by atoms with Crippen molar-refractivity contribution in [2.24, 2.45) is 0 Å². The Morgan fingerprint density at radius 2 is 1.81 bits per heavy atom. The Hall–Kier alpha value is -3.27. The second-order valence-corrected chi connectivity index (χ2v) is 6.21. The monoisotopic (exact) mass is 344 g/mol. The lowest BCUT2D eigenvalue weighted by atomic mass is 10.1. The van der Waals surface area contributed by atoms with E-state index >= 15 is 0 Å². The summed E-state index contributed by atoms with van der Waals surface area (Å²) in [4.78, 5) is 4.45. The third-order valence-electron chi connectivity index (χ3n) is 4.39. The van der Waals surface area contributed by atoms with Crippen LogP contribution >= 0.6 is 0 Å². The number of fused-ring (bicyclic) bond motifs is 1. The third-order valence-corrected chi connectivity index (χ3v) is 4.39. The number of rotatable bonds is 5. The van der Waals surface area contributed by atoms with Crippen LogP contribution in [0.2, 0.25) is 0 Å². The number of hydrogen-bond donors (Lipinski definition) is 0. The molecule has 0 amide bonds. The average molecular weight is 344 g/mol. The number of methoxy groups -OCH3 is 1. The Bertz CT molecular complexity index is 1040. The Balaban J connectivity index is 1.61. The van der Waals surface area contributed by atoms with Crippen LogP contribution in [0.3, 0.4) is 0 Å². The Labute approximate surface area is 152 Å². The summed E-state index contributed by atoms with van der Waals surface area (Å²) < 4.78 is 13.6. The van der Waals surface area contributed by atoms with Gasteiger partial charge in [-0.15, -0.1) is 0 Å². The van der Waals surface area contributed by atoms with Crippen molar-refractivity contribution in [3.63, 3.8) is 0 Å². The Morgan fingerprint density at radius 1 is 0.962 bits per heavy atom. The number of ether oxygens (including phenoxy) is 2. The maximum atomic E-state index is 5.97. The predicted octanol–water partition coefficient (Wildman–Crippen LogP) is 4.90. The molecule has 0 atom stereocenters. The van der Waals surface area contributed by atoms with Crippen LogP contribution in [-0.2, 0) is 6.61 Å². The fourth-order valence-electron chi connectivity index (χ4n) is 2.94. The molecule has 0 radical (unpaired) electrons. The van der Waals surface area contributed by atoms with E-state index in [0.29, 0.717) is 12.4 Å². The van der Waals surface area contributed by atoms with Crippen LogP contribution in [0.4, 0.5) is 0 Å². The number of hydrogen-bond acceptors (Lipinski definition) is 3. The zero-order valence-corrected chi connectivity index (χ0v) is 14.8. The number of imidazole rings is 1. The van der Waals surface area contributed by atoms with Gasteiger partial charge in [-0.25, -0.2) is 4.98 Å². The van der Waals surface area contributed by atoms with E-state index in [1.54, 1.807) is 7.11 Å². The van der Waals surface area contributed by atoms with Gasteiger partial charge in [0.15, 0.2) is 11.5 Å². The number of aromatic nitrogens is 2. The average Bonchev–Trinajstić information content (AvgIpc) is 3.11. The summed E-state index contributed by atoms with van der Waals surface area (Å²) in [6.45, 7) is 2.58. The minimum atomic E-state index is 0.506. The van der Waals surface area contributed by atoms with Crippen LogP contribution in [0.1, 0.15) is 11.1 Å². The van der Waals surface area contributed by atoms with Crippen molar-refractivity contribution in [2.45, 2.75) is 13.5 Å². The molecular formula is C22H20N2O2. The highest BCUT2D eigenvalue weighted by molar-refractivity contribution is 5.67. The zero-order valence-electron chi connectivity index (χ0n) is 14.8. The van der Waals surface area contributed by atoms with Gasteiger partial charge in [-0.05, 0) is 42.8 Å².